The van der Waals surface area contributed by atoms with Crippen LogP contribution in [0.4, 0.5) is 0 Å². The molecule has 3 heterocycles. The number of aliphatic carboxylic acids is 1. The van der Waals surface area contributed by atoms with Crippen molar-refractivity contribution in [3.63, 3.8) is 0 Å². The molecule has 2 aliphatic rings. The van der Waals surface area contributed by atoms with Gasteiger partial charge in [-0.05, 0) is 11.5 Å². The van der Waals surface area contributed by atoms with Gasteiger partial charge in [-0.1, -0.05) is 50.6 Å². The number of amides is 3. The number of aromatic nitrogens is 2. The third-order valence-electron chi connectivity index (χ3n) is 6.79. The van der Waals surface area contributed by atoms with Gasteiger partial charge in [0, 0.05) is 36.6 Å². The van der Waals surface area contributed by atoms with Crippen molar-refractivity contribution in [2.75, 3.05) is 7.05 Å². The molecular weight excluding hydrogens is 521 g/mol. The van der Waals surface area contributed by atoms with E-state index < -0.39 is 66.8 Å². The third-order valence-corrected chi connectivity index (χ3v) is 6.79. The highest BCUT2D eigenvalue weighted by molar-refractivity contribution is 6.67. The van der Waals surface area contributed by atoms with Gasteiger partial charge in [-0.2, -0.15) is 0 Å². The van der Waals surface area contributed by atoms with Crippen LogP contribution < -0.4 is 16.0 Å². The average Bonchev–Trinajstić information content (AvgIpc) is 3.13. The summed E-state index contributed by atoms with van der Waals surface area (Å²) in [7, 11) is 1.40. The van der Waals surface area contributed by atoms with Crippen LogP contribution >= 0.6 is 0 Å². The molecule has 1 aromatic heterocycles. The second-order valence-corrected chi connectivity index (χ2v) is 10.3. The SMILES string of the molecule is CNC(=O)C[C@]12CC(=O)[OH+][B-]([C@H](CC(C)C)NC(=O)[C@H](Cc3ccccc3)NC(=O)c3cnccn3)(OC1=O)O2. The lowest BCUT2D eigenvalue weighted by molar-refractivity contribution is -0.169. The zero-order valence-corrected chi connectivity index (χ0v) is 22.5. The van der Waals surface area contributed by atoms with Crippen LogP contribution in [0.25, 0.3) is 0 Å². The molecule has 2 aliphatic heterocycles. The first kappa shape index (κ1) is 28.7. The highest BCUT2D eigenvalue weighted by Crippen LogP contribution is 2.41. The molecule has 0 aliphatic carbocycles. The van der Waals surface area contributed by atoms with Crippen LogP contribution in [0.2, 0.25) is 0 Å². The number of fused-ring (bicyclic) bond motifs is 2. The molecule has 4 atom stereocenters. The zero-order valence-electron chi connectivity index (χ0n) is 22.5. The molecule has 212 valence electrons. The van der Waals surface area contributed by atoms with Crippen LogP contribution in [-0.4, -0.2) is 75.7 Å². The minimum Gasteiger partial charge on any atom is -0.717 e. The summed E-state index contributed by atoms with van der Waals surface area (Å²) in [6, 6.07) is 7.99. The summed E-state index contributed by atoms with van der Waals surface area (Å²) >= 11 is 0. The summed E-state index contributed by atoms with van der Waals surface area (Å²) in [5, 5.41) is 7.95. The standard InChI is InChI=1S/C26H32BN5O8/c1-16(2)11-20(27-38-22(34)14-26(40-27,25(37)39-27)13-21(33)28-3)32-23(35)18(12-17-7-5-4-6-8-17)31-24(36)19-15-29-9-10-30-19/h4-10,15-16,18,20,38H,11-14H2,1-3H3,(H,28,33)(H,31,36)(H,32,35)/t18-,20-,26-,27?/m0/s1. The Morgan fingerprint density at radius 3 is 2.52 bits per heavy atom. The summed E-state index contributed by atoms with van der Waals surface area (Å²) in [5.41, 5.74) is -1.03. The molecule has 0 saturated carbocycles. The Morgan fingerprint density at radius 2 is 1.88 bits per heavy atom. The number of nitrogens with zero attached hydrogens (tertiary/aromatic N) is 2. The summed E-state index contributed by atoms with van der Waals surface area (Å²) in [6.07, 6.45) is 3.54. The molecule has 1 unspecified atom stereocenters. The molecule has 4 N–H and O–H groups in total. The number of hydrogen-bond donors (Lipinski definition) is 3. The van der Waals surface area contributed by atoms with Gasteiger partial charge in [0.2, 0.25) is 11.8 Å². The predicted molar refractivity (Wildman–Crippen MR) is 141 cm³/mol. The van der Waals surface area contributed by atoms with Crippen LogP contribution in [-0.2, 0) is 34.9 Å². The van der Waals surface area contributed by atoms with Crippen molar-refractivity contribution in [2.24, 2.45) is 5.92 Å². The maximum Gasteiger partial charge on any atom is 0.594 e. The quantitative estimate of drug-likeness (QED) is 0.250. The number of rotatable bonds is 11. The fraction of sp³-hybridized carbons (Fsp3) is 0.423. The van der Waals surface area contributed by atoms with E-state index in [4.69, 9.17) is 9.31 Å². The van der Waals surface area contributed by atoms with E-state index in [1.807, 2.05) is 44.2 Å². The molecule has 1 aromatic carbocycles. The Hall–Kier alpha value is -4.33. The molecule has 2 aromatic rings. The van der Waals surface area contributed by atoms with Crippen LogP contribution in [0.3, 0.4) is 0 Å². The van der Waals surface area contributed by atoms with E-state index in [1.165, 1.54) is 25.6 Å². The lowest BCUT2D eigenvalue weighted by Crippen LogP contribution is -2.68. The molecule has 3 amide bonds. The molecule has 2 saturated heterocycles. The summed E-state index contributed by atoms with van der Waals surface area (Å²) < 4.78 is 15.7. The first-order valence-electron chi connectivity index (χ1n) is 13.0. The number of hydrogen-bond acceptors (Lipinski definition) is 9. The van der Waals surface area contributed by atoms with Crippen molar-refractivity contribution < 1.29 is 37.9 Å². The summed E-state index contributed by atoms with van der Waals surface area (Å²) in [4.78, 5) is 72.5. The Kier molecular flexibility index (Phi) is 8.47. The largest absolute Gasteiger partial charge is 0.717 e. The second kappa shape index (κ2) is 11.8. The van der Waals surface area contributed by atoms with E-state index in [0.29, 0.717) is 0 Å². The topological polar surface area (TPSA) is 178 Å². The van der Waals surface area contributed by atoms with E-state index in [1.54, 1.807) is 0 Å². The van der Waals surface area contributed by atoms with Gasteiger partial charge in [0.15, 0.2) is 5.60 Å². The summed E-state index contributed by atoms with van der Waals surface area (Å²) in [6.45, 7) is 0.731. The smallest absolute Gasteiger partial charge is 0.594 e. The van der Waals surface area contributed by atoms with E-state index in [9.17, 15) is 24.0 Å². The molecule has 2 fully saturated rings. The van der Waals surface area contributed by atoms with Crippen molar-refractivity contribution in [1.29, 1.82) is 0 Å². The normalized spacial score (nSPS) is 23.0. The first-order chi connectivity index (χ1) is 19.1. The van der Waals surface area contributed by atoms with E-state index in [2.05, 4.69) is 30.6 Å². The molecular formula is C26H32BN5O8. The maximum atomic E-state index is 13.7. The third kappa shape index (κ3) is 6.28. The number of carbonyl (C=O) groups excluding carboxylic acids is 4. The Labute approximate surface area is 230 Å². The van der Waals surface area contributed by atoms with Crippen LogP contribution in [0.15, 0.2) is 48.9 Å². The predicted octanol–water partition coefficient (Wildman–Crippen LogP) is -0.267. The number of nitrogens with one attached hydrogen (secondary N) is 3. The molecule has 40 heavy (non-hydrogen) atoms. The molecule has 2 bridgehead atoms. The van der Waals surface area contributed by atoms with Gasteiger partial charge in [-0.15, -0.1) is 0 Å². The monoisotopic (exact) mass is 553 g/mol. The first-order valence-corrected chi connectivity index (χ1v) is 13.0. The molecule has 4 rings (SSSR count). The second-order valence-electron chi connectivity index (χ2n) is 10.3. The average molecular weight is 553 g/mol. The van der Waals surface area contributed by atoms with Gasteiger partial charge in [-0.25, -0.2) is 4.98 Å². The number of carbonyl (C=O) groups is 5. The van der Waals surface area contributed by atoms with Crippen molar-refractivity contribution in [2.45, 2.75) is 57.1 Å². The summed E-state index contributed by atoms with van der Waals surface area (Å²) in [5.74, 6) is -4.38. The number of benzene rings is 1. The zero-order chi connectivity index (χ0) is 28.9. The van der Waals surface area contributed by atoms with Gasteiger partial charge >= 0.3 is 12.7 Å². The van der Waals surface area contributed by atoms with Crippen molar-refractivity contribution >= 4 is 36.4 Å². The van der Waals surface area contributed by atoms with Gasteiger partial charge in [0.1, 0.15) is 18.2 Å². The van der Waals surface area contributed by atoms with Crippen LogP contribution in [0.1, 0.15) is 49.2 Å². The molecule has 13 nitrogen and oxygen atoms in total. The minimum atomic E-state index is -3.02. The lowest BCUT2D eigenvalue weighted by Gasteiger charge is -2.43. The minimum absolute atomic E-state index is 0.0230. The van der Waals surface area contributed by atoms with Crippen molar-refractivity contribution in [3.8, 4) is 0 Å². The Balaban J connectivity index is 1.62. The van der Waals surface area contributed by atoms with Crippen LogP contribution in [0.5, 0.6) is 0 Å². The maximum absolute atomic E-state index is 13.7. The van der Waals surface area contributed by atoms with Gasteiger partial charge in [0.05, 0.1) is 12.6 Å². The molecule has 0 radical (unpaired) electrons. The van der Waals surface area contributed by atoms with Crippen LogP contribution in [0, 0.1) is 5.92 Å². The fourth-order valence-corrected chi connectivity index (χ4v) is 4.93. The van der Waals surface area contributed by atoms with E-state index in [-0.39, 0.29) is 24.5 Å². The van der Waals surface area contributed by atoms with Gasteiger partial charge in [0.25, 0.3) is 11.9 Å². The fourth-order valence-electron chi connectivity index (χ4n) is 4.93. The Bertz CT molecular complexity index is 1280. The highest BCUT2D eigenvalue weighted by Gasteiger charge is 2.68. The highest BCUT2D eigenvalue weighted by atomic mass is 16.8. The van der Waals surface area contributed by atoms with Gasteiger partial charge in [-0.3, -0.25) is 24.2 Å². The molecule has 0 spiro atoms. The van der Waals surface area contributed by atoms with E-state index >= 15 is 0 Å². The number of carboxylic acids is 1. The van der Waals surface area contributed by atoms with E-state index in [0.717, 1.165) is 5.56 Å². The van der Waals surface area contributed by atoms with Crippen molar-refractivity contribution in [1.82, 2.24) is 25.9 Å². The van der Waals surface area contributed by atoms with Crippen molar-refractivity contribution in [3.05, 3.63) is 60.2 Å². The Morgan fingerprint density at radius 1 is 1.12 bits per heavy atom. The van der Waals surface area contributed by atoms with Gasteiger partial charge < -0.3 is 29.9 Å². The molecule has 14 heteroatoms. The lowest BCUT2D eigenvalue weighted by atomic mass is 9.64.